The van der Waals surface area contributed by atoms with E-state index in [0.717, 1.165) is 0 Å². The highest BCUT2D eigenvalue weighted by atomic mass is 35.5. The molecule has 0 fully saturated rings. The van der Waals surface area contributed by atoms with Gasteiger partial charge in [0.25, 0.3) is 5.91 Å². The fourth-order valence-corrected chi connectivity index (χ4v) is 2.07. The lowest BCUT2D eigenvalue weighted by Gasteiger charge is -2.16. The van der Waals surface area contributed by atoms with Crippen molar-refractivity contribution in [1.82, 2.24) is 20.4 Å². The largest absolute Gasteiger partial charge is 0.436 e. The fraction of sp³-hybridized carbons (Fsp3) is 0.267. The van der Waals surface area contributed by atoms with Crippen LogP contribution in [0.3, 0.4) is 0 Å². The molecule has 0 aliphatic rings. The zero-order valence-corrected chi connectivity index (χ0v) is 14.2. The van der Waals surface area contributed by atoms with E-state index in [1.165, 1.54) is 0 Å². The van der Waals surface area contributed by atoms with Crippen LogP contribution in [0.4, 0.5) is 0 Å². The van der Waals surface area contributed by atoms with E-state index in [2.05, 4.69) is 15.5 Å². The molecule has 0 spiro atoms. The molecule has 0 aliphatic heterocycles. The highest BCUT2D eigenvalue weighted by Gasteiger charge is 2.14. The molecule has 122 valence electrons. The van der Waals surface area contributed by atoms with Gasteiger partial charge in [-0.25, -0.2) is 0 Å². The number of aromatic nitrogens is 2. The number of halogens is 2. The van der Waals surface area contributed by atoms with Gasteiger partial charge in [-0.15, -0.1) is 10.2 Å². The van der Waals surface area contributed by atoms with Crippen LogP contribution >= 0.6 is 23.2 Å². The van der Waals surface area contributed by atoms with Crippen molar-refractivity contribution < 1.29 is 9.53 Å². The smallest absolute Gasteiger partial charge is 0.274 e. The lowest BCUT2D eigenvalue weighted by molar-refractivity contribution is 0.0789. The van der Waals surface area contributed by atoms with Gasteiger partial charge in [0.05, 0.1) is 5.02 Å². The number of amides is 1. The van der Waals surface area contributed by atoms with Crippen molar-refractivity contribution in [3.05, 3.63) is 46.1 Å². The van der Waals surface area contributed by atoms with Crippen molar-refractivity contribution in [2.24, 2.45) is 0 Å². The van der Waals surface area contributed by atoms with Gasteiger partial charge in [0.15, 0.2) is 5.69 Å². The SMILES string of the molecule is CNCCN(C)C(=O)c1ccc(Oc2cccc(Cl)c2Cl)nn1. The second-order valence-electron chi connectivity index (χ2n) is 4.74. The van der Waals surface area contributed by atoms with Crippen LogP contribution in [0.1, 0.15) is 10.5 Å². The van der Waals surface area contributed by atoms with Crippen molar-refractivity contribution >= 4 is 29.1 Å². The van der Waals surface area contributed by atoms with Crippen LogP contribution in [-0.4, -0.2) is 48.2 Å². The van der Waals surface area contributed by atoms with E-state index in [1.54, 1.807) is 42.3 Å². The molecule has 0 atom stereocenters. The minimum atomic E-state index is -0.208. The highest BCUT2D eigenvalue weighted by molar-refractivity contribution is 6.42. The first-order valence-electron chi connectivity index (χ1n) is 6.88. The van der Waals surface area contributed by atoms with Gasteiger partial charge in [0.2, 0.25) is 5.88 Å². The van der Waals surface area contributed by atoms with Crippen LogP contribution < -0.4 is 10.1 Å². The maximum Gasteiger partial charge on any atom is 0.274 e. The summed E-state index contributed by atoms with van der Waals surface area (Å²) in [6.45, 7) is 1.28. The number of hydrogen-bond donors (Lipinski definition) is 1. The van der Waals surface area contributed by atoms with Crippen LogP contribution in [0.2, 0.25) is 10.0 Å². The quantitative estimate of drug-likeness (QED) is 0.863. The summed E-state index contributed by atoms with van der Waals surface area (Å²) in [5, 5.41) is 11.4. The summed E-state index contributed by atoms with van der Waals surface area (Å²) >= 11 is 12.0. The second kappa shape index (κ2) is 8.10. The highest BCUT2D eigenvalue weighted by Crippen LogP contribution is 2.33. The summed E-state index contributed by atoms with van der Waals surface area (Å²) in [6, 6.07) is 8.15. The van der Waals surface area contributed by atoms with Crippen LogP contribution in [0.15, 0.2) is 30.3 Å². The van der Waals surface area contributed by atoms with Gasteiger partial charge in [-0.2, -0.15) is 0 Å². The number of nitrogens with zero attached hydrogens (tertiary/aromatic N) is 3. The molecule has 2 rings (SSSR count). The zero-order chi connectivity index (χ0) is 16.8. The maximum absolute atomic E-state index is 12.1. The Morgan fingerprint density at radius 3 is 2.70 bits per heavy atom. The minimum absolute atomic E-state index is 0.208. The Kier molecular flexibility index (Phi) is 6.15. The third kappa shape index (κ3) is 4.54. The molecule has 1 aromatic carbocycles. The molecule has 6 nitrogen and oxygen atoms in total. The van der Waals surface area contributed by atoms with E-state index < -0.39 is 0 Å². The first-order chi connectivity index (χ1) is 11.0. The summed E-state index contributed by atoms with van der Waals surface area (Å²) in [4.78, 5) is 13.7. The first-order valence-corrected chi connectivity index (χ1v) is 7.64. The third-order valence-electron chi connectivity index (χ3n) is 3.03. The molecule has 8 heteroatoms. The van der Waals surface area contributed by atoms with Crippen molar-refractivity contribution in [3.8, 4) is 11.6 Å². The normalized spacial score (nSPS) is 10.4. The van der Waals surface area contributed by atoms with Gasteiger partial charge >= 0.3 is 0 Å². The fourth-order valence-electron chi connectivity index (χ4n) is 1.74. The molecular weight excluding hydrogens is 339 g/mol. The standard InChI is InChI=1S/C15H16Cl2N4O2/c1-18-8-9-21(2)15(22)11-6-7-13(20-19-11)23-12-5-3-4-10(16)14(12)17/h3-7,18H,8-9H2,1-2H3. The number of rotatable bonds is 6. The molecule has 1 heterocycles. The number of carbonyl (C=O) groups excluding carboxylic acids is 1. The average molecular weight is 355 g/mol. The van der Waals surface area contributed by atoms with Crippen LogP contribution in [0, 0.1) is 0 Å². The van der Waals surface area contributed by atoms with E-state index in [1.807, 2.05) is 7.05 Å². The minimum Gasteiger partial charge on any atom is -0.436 e. The molecule has 1 N–H and O–H groups in total. The van der Waals surface area contributed by atoms with E-state index in [9.17, 15) is 4.79 Å². The predicted octanol–water partition coefficient (Wildman–Crippen LogP) is 2.87. The Bertz CT molecular complexity index is 680. The Morgan fingerprint density at radius 1 is 1.26 bits per heavy atom. The molecule has 0 saturated carbocycles. The van der Waals surface area contributed by atoms with Crippen molar-refractivity contribution in [1.29, 1.82) is 0 Å². The van der Waals surface area contributed by atoms with Crippen molar-refractivity contribution in [2.75, 3.05) is 27.2 Å². The number of nitrogens with one attached hydrogen (secondary N) is 1. The molecule has 1 amide bonds. The molecule has 23 heavy (non-hydrogen) atoms. The molecule has 0 radical (unpaired) electrons. The van der Waals surface area contributed by atoms with Gasteiger partial charge in [-0.1, -0.05) is 29.3 Å². The Balaban J connectivity index is 2.07. The molecule has 2 aromatic rings. The van der Waals surface area contributed by atoms with E-state index >= 15 is 0 Å². The first kappa shape index (κ1) is 17.5. The Labute approximate surface area is 144 Å². The van der Waals surface area contributed by atoms with Crippen molar-refractivity contribution in [2.45, 2.75) is 0 Å². The number of ether oxygens (including phenoxy) is 1. The van der Waals surface area contributed by atoms with Gasteiger partial charge in [-0.3, -0.25) is 4.79 Å². The number of benzene rings is 1. The lowest BCUT2D eigenvalue weighted by atomic mass is 10.3. The second-order valence-corrected chi connectivity index (χ2v) is 5.53. The summed E-state index contributed by atoms with van der Waals surface area (Å²) in [6.07, 6.45) is 0. The third-order valence-corrected chi connectivity index (χ3v) is 3.84. The average Bonchev–Trinajstić information content (AvgIpc) is 2.57. The lowest BCUT2D eigenvalue weighted by Crippen LogP contribution is -2.33. The molecule has 1 aromatic heterocycles. The molecular formula is C15H16Cl2N4O2. The van der Waals surface area contributed by atoms with E-state index in [-0.39, 0.29) is 17.5 Å². The maximum atomic E-state index is 12.1. The van der Waals surface area contributed by atoms with Crippen LogP contribution in [0.5, 0.6) is 11.6 Å². The Hall–Kier alpha value is -1.89. The summed E-state index contributed by atoms with van der Waals surface area (Å²) in [7, 11) is 3.53. The molecule has 0 aliphatic carbocycles. The zero-order valence-electron chi connectivity index (χ0n) is 12.7. The van der Waals surface area contributed by atoms with Gasteiger partial charge < -0.3 is 15.0 Å². The molecule has 0 bridgehead atoms. The monoisotopic (exact) mass is 354 g/mol. The number of likely N-dealkylation sites (N-methyl/N-ethyl adjacent to an activating group) is 2. The van der Waals surface area contributed by atoms with Crippen molar-refractivity contribution in [3.63, 3.8) is 0 Å². The molecule has 0 saturated heterocycles. The van der Waals surface area contributed by atoms with Gasteiger partial charge in [0, 0.05) is 26.2 Å². The summed E-state index contributed by atoms with van der Waals surface area (Å²) in [5.74, 6) is 0.391. The van der Waals surface area contributed by atoms with E-state index in [4.69, 9.17) is 27.9 Å². The number of hydrogen-bond acceptors (Lipinski definition) is 5. The van der Waals surface area contributed by atoms with Crippen LogP contribution in [0.25, 0.3) is 0 Å². The topological polar surface area (TPSA) is 67.4 Å². The molecule has 0 unspecified atom stereocenters. The summed E-state index contributed by atoms with van der Waals surface area (Å²) in [5.41, 5.74) is 0.244. The van der Waals surface area contributed by atoms with E-state index in [0.29, 0.717) is 28.9 Å². The Morgan fingerprint density at radius 2 is 2.04 bits per heavy atom. The predicted molar refractivity (Wildman–Crippen MR) is 89.5 cm³/mol. The van der Waals surface area contributed by atoms with Gasteiger partial charge in [0.1, 0.15) is 10.8 Å². The number of carbonyl (C=O) groups is 1. The van der Waals surface area contributed by atoms with Crippen LogP contribution in [-0.2, 0) is 0 Å². The van der Waals surface area contributed by atoms with Gasteiger partial charge in [-0.05, 0) is 25.2 Å². The summed E-state index contributed by atoms with van der Waals surface area (Å²) < 4.78 is 5.53.